The molecule has 1 aliphatic carbocycles. The van der Waals surface area contributed by atoms with Gasteiger partial charge in [0, 0.05) is 6.54 Å². The van der Waals surface area contributed by atoms with E-state index in [1.54, 1.807) is 0 Å². The van der Waals surface area contributed by atoms with Gasteiger partial charge in [0.15, 0.2) is 0 Å². The first-order valence-electron chi connectivity index (χ1n) is 4.42. The standard InChI is InChI=1S/C11H13N/c1-9-7-11(12-8-9)10-5-3-2-4-6-10/h2-3,5,12H,4,6,8H2,1H3. The van der Waals surface area contributed by atoms with E-state index in [1.807, 2.05) is 0 Å². The number of allylic oxidation sites excluding steroid dienone is 3. The summed E-state index contributed by atoms with van der Waals surface area (Å²) in [4.78, 5) is 0. The van der Waals surface area contributed by atoms with Crippen LogP contribution in [-0.4, -0.2) is 6.54 Å². The van der Waals surface area contributed by atoms with Crippen LogP contribution in [0, 0.1) is 0 Å². The maximum absolute atomic E-state index is 3.34. The number of hydrogen-bond acceptors (Lipinski definition) is 1. The molecule has 1 heterocycles. The fourth-order valence-corrected chi connectivity index (χ4v) is 1.53. The highest BCUT2D eigenvalue weighted by Crippen LogP contribution is 2.20. The van der Waals surface area contributed by atoms with Crippen LogP contribution < -0.4 is 5.32 Å². The summed E-state index contributed by atoms with van der Waals surface area (Å²) < 4.78 is 0. The van der Waals surface area contributed by atoms with Crippen molar-refractivity contribution < 1.29 is 0 Å². The molecule has 0 saturated heterocycles. The molecule has 0 aromatic heterocycles. The van der Waals surface area contributed by atoms with E-state index in [9.17, 15) is 0 Å². The minimum absolute atomic E-state index is 0.969. The van der Waals surface area contributed by atoms with Gasteiger partial charge in [0.25, 0.3) is 0 Å². The van der Waals surface area contributed by atoms with Crippen molar-refractivity contribution >= 4 is 0 Å². The van der Waals surface area contributed by atoms with Crippen molar-refractivity contribution in [2.24, 2.45) is 0 Å². The third-order valence-electron chi connectivity index (χ3n) is 2.20. The van der Waals surface area contributed by atoms with Gasteiger partial charge in [-0.05, 0) is 30.9 Å². The first kappa shape index (κ1) is 7.45. The average molecular weight is 159 g/mol. The molecule has 0 fully saturated rings. The van der Waals surface area contributed by atoms with Gasteiger partial charge in [0.1, 0.15) is 0 Å². The molecule has 2 aliphatic rings. The summed E-state index contributed by atoms with van der Waals surface area (Å²) in [6.45, 7) is 3.08. The normalized spacial score (nSPS) is 21.2. The van der Waals surface area contributed by atoms with Gasteiger partial charge >= 0.3 is 0 Å². The Hall–Kier alpha value is -1.20. The third kappa shape index (κ3) is 1.37. The van der Waals surface area contributed by atoms with E-state index in [-0.39, 0.29) is 0 Å². The first-order valence-corrected chi connectivity index (χ1v) is 4.42. The van der Waals surface area contributed by atoms with Crippen molar-refractivity contribution in [3.05, 3.63) is 40.8 Å². The SMILES string of the molecule is CC1=C=C(C2=CC=CCC2)NC1. The minimum Gasteiger partial charge on any atom is -0.374 e. The van der Waals surface area contributed by atoms with Crippen LogP contribution in [0.5, 0.6) is 0 Å². The lowest BCUT2D eigenvalue weighted by Gasteiger charge is -2.09. The Bertz CT molecular complexity index is 312. The van der Waals surface area contributed by atoms with Crippen molar-refractivity contribution in [2.45, 2.75) is 19.8 Å². The van der Waals surface area contributed by atoms with Crippen molar-refractivity contribution in [3.8, 4) is 0 Å². The molecule has 0 spiro atoms. The van der Waals surface area contributed by atoms with Crippen molar-refractivity contribution in [1.29, 1.82) is 0 Å². The summed E-state index contributed by atoms with van der Waals surface area (Å²) >= 11 is 0. The minimum atomic E-state index is 0.969. The second-order valence-electron chi connectivity index (χ2n) is 3.29. The summed E-state index contributed by atoms with van der Waals surface area (Å²) in [5.41, 5.74) is 7.25. The molecule has 1 aliphatic heterocycles. The Kier molecular flexibility index (Phi) is 1.89. The van der Waals surface area contributed by atoms with Crippen LogP contribution in [0.15, 0.2) is 40.8 Å². The molecule has 62 valence electrons. The fraction of sp³-hybridized carbons (Fsp3) is 0.364. The Balaban J connectivity index is 2.25. The molecule has 0 unspecified atom stereocenters. The highest BCUT2D eigenvalue weighted by molar-refractivity contribution is 5.38. The summed E-state index contributed by atoms with van der Waals surface area (Å²) in [7, 11) is 0. The molecule has 0 amide bonds. The molecule has 1 nitrogen and oxygen atoms in total. The molecule has 0 atom stereocenters. The van der Waals surface area contributed by atoms with Gasteiger partial charge in [-0.25, -0.2) is 0 Å². The van der Waals surface area contributed by atoms with E-state index in [2.05, 4.69) is 36.2 Å². The van der Waals surface area contributed by atoms with E-state index in [1.165, 1.54) is 16.8 Å². The highest BCUT2D eigenvalue weighted by Gasteiger charge is 2.09. The predicted octanol–water partition coefficient (Wildman–Crippen LogP) is 2.30. The molecule has 1 heteroatoms. The summed E-state index contributed by atoms with van der Waals surface area (Å²) in [5, 5.41) is 3.34. The van der Waals surface area contributed by atoms with Crippen LogP contribution in [0.4, 0.5) is 0 Å². The molecule has 0 radical (unpaired) electrons. The van der Waals surface area contributed by atoms with Crippen LogP contribution >= 0.6 is 0 Å². The summed E-state index contributed by atoms with van der Waals surface area (Å²) in [5.74, 6) is 0. The van der Waals surface area contributed by atoms with E-state index in [0.717, 1.165) is 19.4 Å². The van der Waals surface area contributed by atoms with Crippen molar-refractivity contribution in [2.75, 3.05) is 6.54 Å². The van der Waals surface area contributed by atoms with Crippen LogP contribution in [0.1, 0.15) is 19.8 Å². The molecule has 1 N–H and O–H groups in total. The fourth-order valence-electron chi connectivity index (χ4n) is 1.53. The molecular formula is C11H13N. The maximum atomic E-state index is 3.34. The number of rotatable bonds is 1. The Morgan fingerprint density at radius 2 is 2.42 bits per heavy atom. The lowest BCUT2D eigenvalue weighted by Crippen LogP contribution is -2.11. The predicted molar refractivity (Wildman–Crippen MR) is 50.7 cm³/mol. The van der Waals surface area contributed by atoms with Crippen LogP contribution in [0.25, 0.3) is 0 Å². The molecule has 0 saturated carbocycles. The van der Waals surface area contributed by atoms with E-state index >= 15 is 0 Å². The Labute approximate surface area is 73.2 Å². The quantitative estimate of drug-likeness (QED) is 0.579. The number of hydrogen-bond donors (Lipinski definition) is 1. The molecule has 0 aromatic rings. The Morgan fingerprint density at radius 1 is 1.50 bits per heavy atom. The molecule has 0 aromatic carbocycles. The monoisotopic (exact) mass is 159 g/mol. The van der Waals surface area contributed by atoms with Gasteiger partial charge in [-0.1, -0.05) is 24.0 Å². The maximum Gasteiger partial charge on any atom is 0.0809 e. The van der Waals surface area contributed by atoms with Gasteiger partial charge in [0.2, 0.25) is 0 Å². The molecule has 0 bridgehead atoms. The smallest absolute Gasteiger partial charge is 0.0809 e. The van der Waals surface area contributed by atoms with Crippen molar-refractivity contribution in [1.82, 2.24) is 5.32 Å². The van der Waals surface area contributed by atoms with Crippen LogP contribution in [-0.2, 0) is 0 Å². The van der Waals surface area contributed by atoms with Gasteiger partial charge in [-0.15, -0.1) is 0 Å². The number of nitrogens with one attached hydrogen (secondary N) is 1. The lowest BCUT2D eigenvalue weighted by atomic mass is 10.0. The third-order valence-corrected chi connectivity index (χ3v) is 2.20. The highest BCUT2D eigenvalue weighted by atomic mass is 14.9. The van der Waals surface area contributed by atoms with Crippen molar-refractivity contribution in [3.63, 3.8) is 0 Å². The van der Waals surface area contributed by atoms with Gasteiger partial charge < -0.3 is 5.32 Å². The largest absolute Gasteiger partial charge is 0.374 e. The van der Waals surface area contributed by atoms with E-state index in [4.69, 9.17) is 0 Å². The van der Waals surface area contributed by atoms with Crippen LogP contribution in [0.2, 0.25) is 0 Å². The van der Waals surface area contributed by atoms with Gasteiger partial charge in [-0.3, -0.25) is 0 Å². The Morgan fingerprint density at radius 3 is 3.00 bits per heavy atom. The zero-order valence-electron chi connectivity index (χ0n) is 7.35. The van der Waals surface area contributed by atoms with Crippen LogP contribution in [0.3, 0.4) is 0 Å². The van der Waals surface area contributed by atoms with Gasteiger partial charge in [-0.2, -0.15) is 0 Å². The lowest BCUT2D eigenvalue weighted by molar-refractivity contribution is 0.871. The topological polar surface area (TPSA) is 12.0 Å². The second-order valence-corrected chi connectivity index (χ2v) is 3.29. The van der Waals surface area contributed by atoms with Gasteiger partial charge in [0.05, 0.1) is 5.70 Å². The van der Waals surface area contributed by atoms with E-state index < -0.39 is 0 Å². The summed E-state index contributed by atoms with van der Waals surface area (Å²) in [6.07, 6.45) is 8.83. The van der Waals surface area contributed by atoms with E-state index in [0.29, 0.717) is 0 Å². The zero-order chi connectivity index (χ0) is 8.39. The molecule has 2 rings (SSSR count). The average Bonchev–Trinajstić information content (AvgIpc) is 2.54. The summed E-state index contributed by atoms with van der Waals surface area (Å²) in [6, 6.07) is 0. The molecular weight excluding hydrogens is 146 g/mol. The first-order chi connectivity index (χ1) is 5.86. The zero-order valence-corrected chi connectivity index (χ0v) is 7.35. The second kappa shape index (κ2) is 3.04. The molecule has 12 heavy (non-hydrogen) atoms.